The van der Waals surface area contributed by atoms with Gasteiger partial charge in [0, 0.05) is 0 Å². The van der Waals surface area contributed by atoms with Crippen LogP contribution in [0, 0.1) is 11.8 Å². The molecule has 3 heteroatoms. The molecule has 0 saturated heterocycles. The first-order chi connectivity index (χ1) is 8.06. The fourth-order valence-electron chi connectivity index (χ4n) is 1.26. The van der Waals surface area contributed by atoms with Crippen LogP contribution in [0.3, 0.4) is 0 Å². The van der Waals surface area contributed by atoms with E-state index in [1.165, 1.54) is 0 Å². The van der Waals surface area contributed by atoms with Gasteiger partial charge in [0.25, 0.3) is 0 Å². The Bertz CT molecular complexity index is 222. The van der Waals surface area contributed by atoms with Crippen molar-refractivity contribution in [3.63, 3.8) is 0 Å². The maximum Gasteiger partial charge on any atom is 0.342 e. The van der Waals surface area contributed by atoms with Crippen molar-refractivity contribution in [3.8, 4) is 0 Å². The monoisotopic (exact) mass is 242 g/mol. The SMILES string of the molecule is CCCCOOC(=O)CC(C)C=CCC(C)C. The minimum absolute atomic E-state index is 0.205. The van der Waals surface area contributed by atoms with Gasteiger partial charge in [-0.15, -0.1) is 0 Å². The summed E-state index contributed by atoms with van der Waals surface area (Å²) in [6.07, 6.45) is 7.56. The zero-order valence-electron chi connectivity index (χ0n) is 11.6. The van der Waals surface area contributed by atoms with Crippen molar-refractivity contribution in [2.75, 3.05) is 6.61 Å². The molecule has 100 valence electrons. The third-order valence-corrected chi connectivity index (χ3v) is 2.29. The number of unbranched alkanes of at least 4 members (excludes halogenated alkanes) is 1. The van der Waals surface area contributed by atoms with Crippen molar-refractivity contribution in [1.29, 1.82) is 0 Å². The molecule has 17 heavy (non-hydrogen) atoms. The van der Waals surface area contributed by atoms with Crippen molar-refractivity contribution in [1.82, 2.24) is 0 Å². The molecule has 1 atom stereocenters. The first-order valence-corrected chi connectivity index (χ1v) is 6.55. The summed E-state index contributed by atoms with van der Waals surface area (Å²) in [5.74, 6) is 0.571. The molecule has 0 bridgehead atoms. The highest BCUT2D eigenvalue weighted by Gasteiger charge is 2.08. The van der Waals surface area contributed by atoms with Gasteiger partial charge in [0.1, 0.15) is 0 Å². The molecule has 0 aromatic carbocycles. The van der Waals surface area contributed by atoms with Crippen LogP contribution in [0.1, 0.15) is 53.4 Å². The molecule has 0 aliphatic rings. The molecule has 0 aliphatic carbocycles. The predicted molar refractivity (Wildman–Crippen MR) is 69.3 cm³/mol. The Morgan fingerprint density at radius 1 is 1.29 bits per heavy atom. The minimum atomic E-state index is -0.289. The first-order valence-electron chi connectivity index (χ1n) is 6.55. The summed E-state index contributed by atoms with van der Waals surface area (Å²) >= 11 is 0. The van der Waals surface area contributed by atoms with Crippen LogP contribution in [0.2, 0.25) is 0 Å². The molecule has 0 amide bonds. The zero-order valence-corrected chi connectivity index (χ0v) is 11.6. The standard InChI is InChI=1S/C14H26O3/c1-5-6-10-16-17-14(15)11-13(4)9-7-8-12(2)3/h7,9,12-13H,5-6,8,10-11H2,1-4H3. The van der Waals surface area contributed by atoms with Gasteiger partial charge < -0.3 is 0 Å². The van der Waals surface area contributed by atoms with Crippen LogP contribution in [-0.2, 0) is 14.6 Å². The molecule has 0 aromatic rings. The largest absolute Gasteiger partial charge is 0.342 e. The van der Waals surface area contributed by atoms with Gasteiger partial charge in [0.05, 0.1) is 13.0 Å². The Balaban J connectivity index is 3.61. The Kier molecular flexibility index (Phi) is 9.83. The zero-order chi connectivity index (χ0) is 13.1. The van der Waals surface area contributed by atoms with Gasteiger partial charge in [-0.2, -0.15) is 4.89 Å². The summed E-state index contributed by atoms with van der Waals surface area (Å²) < 4.78 is 0. The second-order valence-electron chi connectivity index (χ2n) is 4.87. The summed E-state index contributed by atoms with van der Waals surface area (Å²) in [4.78, 5) is 20.8. The minimum Gasteiger partial charge on any atom is -0.298 e. The molecule has 0 saturated carbocycles. The first kappa shape index (κ1) is 16.2. The molecule has 0 spiro atoms. The molecule has 0 aliphatic heterocycles. The van der Waals surface area contributed by atoms with Gasteiger partial charge >= 0.3 is 5.97 Å². The molecule has 0 rings (SSSR count). The van der Waals surface area contributed by atoms with E-state index in [-0.39, 0.29) is 11.9 Å². The van der Waals surface area contributed by atoms with Crippen molar-refractivity contribution in [2.24, 2.45) is 11.8 Å². The summed E-state index contributed by atoms with van der Waals surface area (Å²) in [6.45, 7) is 8.90. The summed E-state index contributed by atoms with van der Waals surface area (Å²) in [6, 6.07) is 0. The highest BCUT2D eigenvalue weighted by Crippen LogP contribution is 2.08. The Hall–Kier alpha value is -0.830. The highest BCUT2D eigenvalue weighted by molar-refractivity contribution is 5.69. The van der Waals surface area contributed by atoms with Crippen LogP contribution in [0.5, 0.6) is 0 Å². The molecule has 0 heterocycles. The average Bonchev–Trinajstić information content (AvgIpc) is 2.23. The van der Waals surface area contributed by atoms with Gasteiger partial charge in [0.2, 0.25) is 0 Å². The second-order valence-corrected chi connectivity index (χ2v) is 4.87. The number of hydrogen-bond donors (Lipinski definition) is 0. The molecule has 3 nitrogen and oxygen atoms in total. The number of rotatable bonds is 9. The smallest absolute Gasteiger partial charge is 0.298 e. The lowest BCUT2D eigenvalue weighted by molar-refractivity contribution is -0.273. The Morgan fingerprint density at radius 2 is 2.00 bits per heavy atom. The van der Waals surface area contributed by atoms with E-state index in [1.54, 1.807) is 0 Å². The third kappa shape index (κ3) is 11.4. The van der Waals surface area contributed by atoms with E-state index >= 15 is 0 Å². The number of carbonyl (C=O) groups excluding carboxylic acids is 1. The van der Waals surface area contributed by atoms with E-state index in [9.17, 15) is 4.79 Å². The van der Waals surface area contributed by atoms with Crippen LogP contribution in [0.25, 0.3) is 0 Å². The fraction of sp³-hybridized carbons (Fsp3) is 0.786. The van der Waals surface area contributed by atoms with Crippen LogP contribution >= 0.6 is 0 Å². The lowest BCUT2D eigenvalue weighted by Gasteiger charge is -2.06. The van der Waals surface area contributed by atoms with Gasteiger partial charge in [-0.1, -0.05) is 46.3 Å². The molecular formula is C14H26O3. The van der Waals surface area contributed by atoms with E-state index in [0.29, 0.717) is 18.9 Å². The number of hydrogen-bond acceptors (Lipinski definition) is 3. The summed E-state index contributed by atoms with van der Waals surface area (Å²) in [7, 11) is 0. The molecule has 0 aromatic heterocycles. The summed E-state index contributed by atoms with van der Waals surface area (Å²) in [5.41, 5.74) is 0. The predicted octanol–water partition coefficient (Wildman–Crippen LogP) is 3.89. The number of carbonyl (C=O) groups is 1. The molecular weight excluding hydrogens is 216 g/mol. The molecule has 0 fully saturated rings. The maximum atomic E-state index is 11.3. The third-order valence-electron chi connectivity index (χ3n) is 2.29. The quantitative estimate of drug-likeness (QED) is 0.266. The van der Waals surface area contributed by atoms with Gasteiger partial charge in [-0.3, -0.25) is 4.89 Å². The van der Waals surface area contributed by atoms with Crippen molar-refractivity contribution in [3.05, 3.63) is 12.2 Å². The van der Waals surface area contributed by atoms with Crippen LogP contribution in [0.15, 0.2) is 12.2 Å². The van der Waals surface area contributed by atoms with Gasteiger partial charge in [-0.25, -0.2) is 4.79 Å². The molecule has 0 radical (unpaired) electrons. The topological polar surface area (TPSA) is 35.5 Å². The lowest BCUT2D eigenvalue weighted by atomic mass is 10.0. The van der Waals surface area contributed by atoms with Crippen molar-refractivity contribution < 1.29 is 14.6 Å². The van der Waals surface area contributed by atoms with Crippen molar-refractivity contribution >= 4 is 5.97 Å². The normalized spacial score (nSPS) is 13.2. The molecule has 1 unspecified atom stereocenters. The van der Waals surface area contributed by atoms with E-state index in [2.05, 4.69) is 37.8 Å². The Morgan fingerprint density at radius 3 is 2.59 bits per heavy atom. The van der Waals surface area contributed by atoms with E-state index < -0.39 is 0 Å². The second kappa shape index (κ2) is 10.3. The fourth-order valence-corrected chi connectivity index (χ4v) is 1.26. The summed E-state index contributed by atoms with van der Waals surface area (Å²) in [5, 5.41) is 0. The van der Waals surface area contributed by atoms with E-state index in [0.717, 1.165) is 19.3 Å². The van der Waals surface area contributed by atoms with Gasteiger partial charge in [-0.05, 0) is 24.7 Å². The van der Waals surface area contributed by atoms with Crippen LogP contribution < -0.4 is 0 Å². The lowest BCUT2D eigenvalue weighted by Crippen LogP contribution is -2.09. The number of allylic oxidation sites excluding steroid dienone is 2. The molecule has 0 N–H and O–H groups in total. The van der Waals surface area contributed by atoms with Crippen LogP contribution in [0.4, 0.5) is 0 Å². The highest BCUT2D eigenvalue weighted by atomic mass is 17.2. The Labute approximate surface area is 105 Å². The van der Waals surface area contributed by atoms with E-state index in [4.69, 9.17) is 4.89 Å². The maximum absolute atomic E-state index is 11.3. The van der Waals surface area contributed by atoms with Gasteiger partial charge in [0.15, 0.2) is 0 Å². The van der Waals surface area contributed by atoms with E-state index in [1.807, 2.05) is 6.92 Å². The van der Waals surface area contributed by atoms with Crippen molar-refractivity contribution in [2.45, 2.75) is 53.4 Å². The van der Waals surface area contributed by atoms with Crippen LogP contribution in [-0.4, -0.2) is 12.6 Å². The average molecular weight is 242 g/mol.